The van der Waals surface area contributed by atoms with Gasteiger partial charge in [-0.2, -0.15) is 9.83 Å². The standard InChI is InChI=1S/C21H17N3O/c1-16-7-5-10-18(13-22)21(16)23-20(25)15-24-12-6-11-19(14-24)17-8-3-2-4-9-17/h2-12,14H,15H2,1H3/p+1. The number of aryl methyl sites for hydroxylation is 1. The van der Waals surface area contributed by atoms with Crippen LogP contribution in [0, 0.1) is 18.3 Å². The summed E-state index contributed by atoms with van der Waals surface area (Å²) in [5, 5.41) is 12.1. The van der Waals surface area contributed by atoms with Crippen LogP contribution in [0.3, 0.4) is 0 Å². The fourth-order valence-corrected chi connectivity index (χ4v) is 2.69. The Morgan fingerprint density at radius 2 is 1.80 bits per heavy atom. The average Bonchev–Trinajstić information content (AvgIpc) is 2.64. The number of carbonyl (C=O) groups excluding carboxylic acids is 1. The number of para-hydroxylation sites is 1. The molecule has 0 unspecified atom stereocenters. The van der Waals surface area contributed by atoms with E-state index in [1.807, 2.05) is 78.5 Å². The van der Waals surface area contributed by atoms with Crippen LogP contribution < -0.4 is 9.88 Å². The molecule has 3 rings (SSSR count). The van der Waals surface area contributed by atoms with Crippen LogP contribution in [0.5, 0.6) is 0 Å². The normalized spacial score (nSPS) is 10.1. The summed E-state index contributed by atoms with van der Waals surface area (Å²) in [5.74, 6) is -0.166. The maximum atomic E-state index is 12.4. The summed E-state index contributed by atoms with van der Waals surface area (Å²) in [4.78, 5) is 12.4. The molecule has 122 valence electrons. The number of nitrogens with one attached hydrogen (secondary N) is 1. The fraction of sp³-hybridized carbons (Fsp3) is 0.0952. The molecule has 0 atom stereocenters. The van der Waals surface area contributed by atoms with Crippen LogP contribution in [0.15, 0.2) is 73.1 Å². The van der Waals surface area contributed by atoms with Crippen molar-refractivity contribution in [1.82, 2.24) is 0 Å². The van der Waals surface area contributed by atoms with E-state index in [2.05, 4.69) is 11.4 Å². The number of nitrogens with zero attached hydrogens (tertiary/aromatic N) is 2. The van der Waals surface area contributed by atoms with E-state index in [-0.39, 0.29) is 12.5 Å². The van der Waals surface area contributed by atoms with Gasteiger partial charge in [-0.25, -0.2) is 0 Å². The van der Waals surface area contributed by atoms with Gasteiger partial charge in [0.05, 0.1) is 11.3 Å². The first-order valence-corrected chi connectivity index (χ1v) is 8.01. The number of benzene rings is 2. The van der Waals surface area contributed by atoms with E-state index < -0.39 is 0 Å². The second kappa shape index (κ2) is 7.41. The van der Waals surface area contributed by atoms with Crippen molar-refractivity contribution in [2.45, 2.75) is 13.5 Å². The first-order chi connectivity index (χ1) is 12.2. The molecular weight excluding hydrogens is 310 g/mol. The SMILES string of the molecule is Cc1cccc(C#N)c1NC(=O)C[n+]1cccc(-c2ccccc2)c1. The maximum Gasteiger partial charge on any atom is 0.290 e. The molecule has 4 heteroatoms. The zero-order valence-electron chi connectivity index (χ0n) is 13.9. The molecule has 0 aliphatic rings. The molecule has 0 aliphatic carbocycles. The maximum absolute atomic E-state index is 12.4. The van der Waals surface area contributed by atoms with Crippen molar-refractivity contribution in [3.63, 3.8) is 0 Å². The Morgan fingerprint density at radius 1 is 1.04 bits per heavy atom. The van der Waals surface area contributed by atoms with Crippen molar-refractivity contribution in [3.05, 3.63) is 84.2 Å². The predicted octanol–water partition coefficient (Wildman–Crippen LogP) is 3.46. The molecule has 0 fully saturated rings. The van der Waals surface area contributed by atoms with Gasteiger partial charge in [0.1, 0.15) is 6.07 Å². The minimum Gasteiger partial charge on any atom is -0.319 e. The third kappa shape index (κ3) is 3.91. The number of rotatable bonds is 4. The topological polar surface area (TPSA) is 56.8 Å². The minimum absolute atomic E-state index is 0.166. The van der Waals surface area contributed by atoms with Crippen LogP contribution in [-0.2, 0) is 11.3 Å². The lowest BCUT2D eigenvalue weighted by Crippen LogP contribution is -2.39. The summed E-state index contributed by atoms with van der Waals surface area (Å²) in [6.07, 6.45) is 3.80. The highest BCUT2D eigenvalue weighted by atomic mass is 16.1. The van der Waals surface area contributed by atoms with Crippen LogP contribution >= 0.6 is 0 Å². The van der Waals surface area contributed by atoms with E-state index in [0.717, 1.165) is 16.7 Å². The molecule has 1 N–H and O–H groups in total. The lowest BCUT2D eigenvalue weighted by Gasteiger charge is -2.08. The molecule has 25 heavy (non-hydrogen) atoms. The van der Waals surface area contributed by atoms with Gasteiger partial charge in [-0.1, -0.05) is 42.5 Å². The van der Waals surface area contributed by atoms with Crippen LogP contribution in [0.2, 0.25) is 0 Å². The molecule has 3 aromatic rings. The van der Waals surface area contributed by atoms with Crippen molar-refractivity contribution in [2.24, 2.45) is 0 Å². The van der Waals surface area contributed by atoms with Gasteiger partial charge in [-0.3, -0.25) is 4.79 Å². The van der Waals surface area contributed by atoms with Crippen molar-refractivity contribution < 1.29 is 9.36 Å². The van der Waals surface area contributed by atoms with Gasteiger partial charge >= 0.3 is 0 Å². The Bertz CT molecular complexity index is 943. The number of amides is 1. The summed E-state index contributed by atoms with van der Waals surface area (Å²) < 4.78 is 1.84. The molecule has 0 spiro atoms. The highest BCUT2D eigenvalue weighted by molar-refractivity contribution is 5.92. The number of hydrogen-bond acceptors (Lipinski definition) is 2. The van der Waals surface area contributed by atoms with Crippen molar-refractivity contribution >= 4 is 11.6 Å². The molecular formula is C21H18N3O+. The average molecular weight is 328 g/mol. The Labute approximate surface area is 147 Å². The van der Waals surface area contributed by atoms with Crippen molar-refractivity contribution in [1.29, 1.82) is 5.26 Å². The van der Waals surface area contributed by atoms with Gasteiger partial charge in [-0.05, 0) is 30.2 Å². The quantitative estimate of drug-likeness (QED) is 0.746. The fourth-order valence-electron chi connectivity index (χ4n) is 2.69. The number of pyridine rings is 1. The first kappa shape index (κ1) is 16.4. The van der Waals surface area contributed by atoms with Crippen molar-refractivity contribution in [3.8, 4) is 17.2 Å². The van der Waals surface area contributed by atoms with E-state index >= 15 is 0 Å². The van der Waals surface area contributed by atoms with Crippen molar-refractivity contribution in [2.75, 3.05) is 5.32 Å². The summed E-state index contributed by atoms with van der Waals surface area (Å²) in [6, 6.07) is 21.4. The van der Waals surface area contributed by atoms with Gasteiger partial charge in [0, 0.05) is 11.6 Å². The number of aromatic nitrogens is 1. The Balaban J connectivity index is 1.78. The largest absolute Gasteiger partial charge is 0.319 e. The zero-order chi connectivity index (χ0) is 17.6. The highest BCUT2D eigenvalue weighted by Gasteiger charge is 2.14. The lowest BCUT2D eigenvalue weighted by molar-refractivity contribution is -0.683. The van der Waals surface area contributed by atoms with Crippen LogP contribution in [0.4, 0.5) is 5.69 Å². The third-order valence-corrected chi connectivity index (χ3v) is 3.95. The lowest BCUT2D eigenvalue weighted by atomic mass is 10.1. The molecule has 0 saturated heterocycles. The molecule has 1 aromatic heterocycles. The monoisotopic (exact) mass is 328 g/mol. The van der Waals surface area contributed by atoms with Gasteiger partial charge < -0.3 is 5.32 Å². The van der Waals surface area contributed by atoms with Gasteiger partial charge in [0.2, 0.25) is 6.54 Å². The zero-order valence-corrected chi connectivity index (χ0v) is 13.9. The van der Waals surface area contributed by atoms with Gasteiger partial charge in [0.15, 0.2) is 12.4 Å². The second-order valence-electron chi connectivity index (χ2n) is 5.79. The smallest absolute Gasteiger partial charge is 0.290 e. The summed E-state index contributed by atoms with van der Waals surface area (Å²) >= 11 is 0. The Hall–Kier alpha value is -3.45. The summed E-state index contributed by atoms with van der Waals surface area (Å²) in [6.45, 7) is 2.06. The van der Waals surface area contributed by atoms with E-state index in [9.17, 15) is 10.1 Å². The molecule has 0 bridgehead atoms. The number of hydrogen-bond donors (Lipinski definition) is 1. The molecule has 2 aromatic carbocycles. The molecule has 4 nitrogen and oxygen atoms in total. The number of nitriles is 1. The second-order valence-corrected chi connectivity index (χ2v) is 5.79. The Morgan fingerprint density at radius 3 is 2.56 bits per heavy atom. The molecule has 1 amide bonds. The first-order valence-electron chi connectivity index (χ1n) is 8.01. The summed E-state index contributed by atoms with van der Waals surface area (Å²) in [7, 11) is 0. The third-order valence-electron chi connectivity index (χ3n) is 3.95. The Kier molecular flexibility index (Phi) is 4.87. The van der Waals surface area contributed by atoms with E-state index in [1.54, 1.807) is 6.07 Å². The van der Waals surface area contributed by atoms with Crippen LogP contribution in [-0.4, -0.2) is 5.91 Å². The number of anilines is 1. The minimum atomic E-state index is -0.166. The number of carbonyl (C=O) groups is 1. The van der Waals surface area contributed by atoms with E-state index in [0.29, 0.717) is 11.3 Å². The van der Waals surface area contributed by atoms with Gasteiger partial charge in [0.25, 0.3) is 5.91 Å². The van der Waals surface area contributed by atoms with Crippen LogP contribution in [0.1, 0.15) is 11.1 Å². The van der Waals surface area contributed by atoms with Crippen LogP contribution in [0.25, 0.3) is 11.1 Å². The van der Waals surface area contributed by atoms with E-state index in [4.69, 9.17) is 0 Å². The van der Waals surface area contributed by atoms with E-state index in [1.165, 1.54) is 0 Å². The molecule has 1 heterocycles. The molecule has 0 saturated carbocycles. The summed E-state index contributed by atoms with van der Waals surface area (Å²) in [5.41, 5.74) is 4.06. The molecule has 0 aliphatic heterocycles. The highest BCUT2D eigenvalue weighted by Crippen LogP contribution is 2.19. The molecule has 0 radical (unpaired) electrons. The predicted molar refractivity (Wildman–Crippen MR) is 96.6 cm³/mol. The van der Waals surface area contributed by atoms with Gasteiger partial charge in [-0.15, -0.1) is 0 Å².